The molecular formula is C23H18Cl2LiNO5. The zero-order valence-corrected chi connectivity index (χ0v) is 19.0. The van der Waals surface area contributed by atoms with Crippen LogP contribution in [0.4, 0.5) is 5.69 Å². The van der Waals surface area contributed by atoms with E-state index in [4.69, 9.17) is 32.7 Å². The van der Waals surface area contributed by atoms with Gasteiger partial charge in [0, 0.05) is 17.0 Å². The third-order valence-electron chi connectivity index (χ3n) is 4.43. The summed E-state index contributed by atoms with van der Waals surface area (Å²) >= 11 is 11.9. The number of nitrogens with one attached hydrogen (secondary N) is 1. The summed E-state index contributed by atoms with van der Waals surface area (Å²) in [5.41, 5.74) is 1.03. The van der Waals surface area contributed by atoms with E-state index < -0.39 is 11.9 Å². The van der Waals surface area contributed by atoms with Gasteiger partial charge in [0.1, 0.15) is 11.5 Å². The molecule has 160 valence electrons. The van der Waals surface area contributed by atoms with Gasteiger partial charge in [0.15, 0.2) is 0 Å². The van der Waals surface area contributed by atoms with E-state index in [2.05, 4.69) is 5.32 Å². The molecule has 0 unspecified atom stereocenters. The Balaban J connectivity index is 0.00000363. The number of carbonyl (C=O) groups excluding carboxylic acids is 2. The molecule has 3 aromatic carbocycles. The molecule has 6 nitrogen and oxygen atoms in total. The molecule has 3 aromatic rings. The van der Waals surface area contributed by atoms with Gasteiger partial charge in [-0.05, 0) is 54.1 Å². The van der Waals surface area contributed by atoms with Crippen molar-refractivity contribution in [1.82, 2.24) is 0 Å². The Morgan fingerprint density at radius 1 is 0.969 bits per heavy atom. The van der Waals surface area contributed by atoms with Gasteiger partial charge in [-0.1, -0.05) is 35.3 Å². The van der Waals surface area contributed by atoms with Crippen LogP contribution >= 0.6 is 23.2 Å². The first kappa shape index (κ1) is 25.6. The summed E-state index contributed by atoms with van der Waals surface area (Å²) in [6.07, 6.45) is 0.603. The third kappa shape index (κ3) is 6.69. The Morgan fingerprint density at radius 3 is 2.44 bits per heavy atom. The van der Waals surface area contributed by atoms with Crippen molar-refractivity contribution in [2.24, 2.45) is 0 Å². The van der Waals surface area contributed by atoms with Gasteiger partial charge in [-0.15, -0.1) is 0 Å². The second kappa shape index (κ2) is 11.8. The van der Waals surface area contributed by atoms with Gasteiger partial charge in [0.05, 0.1) is 36.0 Å². The van der Waals surface area contributed by atoms with Crippen LogP contribution in [-0.2, 0) is 6.42 Å². The molecule has 0 fully saturated rings. The predicted molar refractivity (Wildman–Crippen MR) is 117 cm³/mol. The molecule has 0 aliphatic rings. The fourth-order valence-electron chi connectivity index (χ4n) is 2.87. The zero-order chi connectivity index (χ0) is 22.4. The maximum absolute atomic E-state index is 12.5. The molecule has 0 saturated heterocycles. The van der Waals surface area contributed by atoms with Crippen LogP contribution in [0.5, 0.6) is 11.5 Å². The molecule has 0 heterocycles. The molecule has 0 aliphatic carbocycles. The number of ether oxygens (including phenoxy) is 2. The zero-order valence-electron chi connectivity index (χ0n) is 17.5. The summed E-state index contributed by atoms with van der Waals surface area (Å²) in [4.78, 5) is 24.1. The van der Waals surface area contributed by atoms with Gasteiger partial charge in [-0.2, -0.15) is 0 Å². The van der Waals surface area contributed by atoms with Crippen molar-refractivity contribution < 1.29 is 43.0 Å². The van der Waals surface area contributed by atoms with Gasteiger partial charge in [0.25, 0.3) is 5.91 Å². The average Bonchev–Trinajstić information content (AvgIpc) is 2.74. The molecule has 9 heteroatoms. The minimum absolute atomic E-state index is 0. The Morgan fingerprint density at radius 2 is 1.75 bits per heavy atom. The number of aromatic carboxylic acids is 1. The summed E-state index contributed by atoms with van der Waals surface area (Å²) in [6, 6.07) is 16.3. The summed E-state index contributed by atoms with van der Waals surface area (Å²) in [6.45, 7) is 0.325. The number of carbonyl (C=O) groups is 2. The number of halogens is 2. The number of hydrogen-bond donors (Lipinski definition) is 1. The first-order valence-electron chi connectivity index (χ1n) is 9.25. The monoisotopic (exact) mass is 465 g/mol. The smallest absolute Gasteiger partial charge is 0.545 e. The van der Waals surface area contributed by atoms with E-state index in [-0.39, 0.29) is 40.7 Å². The maximum atomic E-state index is 12.5. The number of benzene rings is 3. The van der Waals surface area contributed by atoms with Crippen LogP contribution in [0, 0.1) is 0 Å². The number of carboxylic acid groups (broad SMARTS) is 1. The van der Waals surface area contributed by atoms with E-state index in [0.29, 0.717) is 23.8 Å². The Kier molecular flexibility index (Phi) is 9.49. The first-order valence-corrected chi connectivity index (χ1v) is 10.0. The van der Waals surface area contributed by atoms with E-state index in [1.165, 1.54) is 30.3 Å². The van der Waals surface area contributed by atoms with E-state index >= 15 is 0 Å². The molecule has 0 saturated carbocycles. The van der Waals surface area contributed by atoms with Crippen LogP contribution in [0.25, 0.3) is 0 Å². The fourth-order valence-corrected chi connectivity index (χ4v) is 3.36. The minimum Gasteiger partial charge on any atom is -0.545 e. The molecule has 0 radical (unpaired) electrons. The van der Waals surface area contributed by atoms with Crippen molar-refractivity contribution in [2.75, 3.05) is 19.0 Å². The summed E-state index contributed by atoms with van der Waals surface area (Å²) < 4.78 is 10.9. The van der Waals surface area contributed by atoms with Crippen molar-refractivity contribution >= 4 is 40.8 Å². The van der Waals surface area contributed by atoms with Crippen molar-refractivity contribution in [1.29, 1.82) is 0 Å². The molecule has 0 bridgehead atoms. The molecule has 0 aliphatic heterocycles. The normalized spacial score (nSPS) is 10.1. The van der Waals surface area contributed by atoms with Crippen molar-refractivity contribution in [2.45, 2.75) is 6.42 Å². The maximum Gasteiger partial charge on any atom is 1.00 e. The number of amides is 1. The van der Waals surface area contributed by atoms with Gasteiger partial charge >= 0.3 is 18.9 Å². The van der Waals surface area contributed by atoms with Crippen molar-refractivity contribution in [3.05, 3.63) is 87.4 Å². The molecule has 3 rings (SSSR count). The summed E-state index contributed by atoms with van der Waals surface area (Å²) in [5, 5.41) is 14.7. The SMILES string of the molecule is COc1cccc(CCOc2ccc(NC(=O)c3ccc(Cl)cc3Cl)c(C(=O)[O-])c2)c1.[Li+]. The van der Waals surface area contributed by atoms with Gasteiger partial charge in [-0.25, -0.2) is 0 Å². The molecule has 32 heavy (non-hydrogen) atoms. The van der Waals surface area contributed by atoms with E-state index in [1.807, 2.05) is 24.3 Å². The quantitative estimate of drug-likeness (QED) is 0.505. The summed E-state index contributed by atoms with van der Waals surface area (Å²) in [7, 11) is 1.60. The molecule has 0 atom stereocenters. The molecule has 1 N–H and O–H groups in total. The predicted octanol–water partition coefficient (Wildman–Crippen LogP) is 1.24. The van der Waals surface area contributed by atoms with Crippen LogP contribution < -0.4 is 38.8 Å². The Hall–Kier alpha value is -2.62. The van der Waals surface area contributed by atoms with Crippen LogP contribution in [0.3, 0.4) is 0 Å². The Labute approximate surface area is 207 Å². The molecule has 1 amide bonds. The fraction of sp³-hybridized carbons (Fsp3) is 0.130. The number of anilines is 1. The second-order valence-corrected chi connectivity index (χ2v) is 7.37. The van der Waals surface area contributed by atoms with Gasteiger partial charge in [0.2, 0.25) is 0 Å². The van der Waals surface area contributed by atoms with Crippen LogP contribution in [0.1, 0.15) is 26.3 Å². The largest absolute Gasteiger partial charge is 1.00 e. The van der Waals surface area contributed by atoms with E-state index in [9.17, 15) is 14.7 Å². The topological polar surface area (TPSA) is 87.7 Å². The number of carboxylic acids is 1. The number of rotatable bonds is 8. The van der Waals surface area contributed by atoms with Crippen molar-refractivity contribution in [3.63, 3.8) is 0 Å². The van der Waals surface area contributed by atoms with Gasteiger partial charge in [-0.3, -0.25) is 4.79 Å². The standard InChI is InChI=1S/C23H19Cl2NO5.Li/c1-30-16-4-2-3-14(11-16)9-10-31-17-6-8-21(19(13-17)23(28)29)26-22(27)18-7-5-15(24)12-20(18)25;/h2-8,11-13H,9-10H2,1H3,(H,26,27)(H,28,29);/q;+1/p-1. The number of methoxy groups -OCH3 is 1. The van der Waals surface area contributed by atoms with Crippen LogP contribution in [-0.4, -0.2) is 25.6 Å². The summed E-state index contributed by atoms with van der Waals surface area (Å²) in [5.74, 6) is -0.936. The van der Waals surface area contributed by atoms with E-state index in [0.717, 1.165) is 11.3 Å². The Bertz CT molecular complexity index is 1120. The second-order valence-electron chi connectivity index (χ2n) is 6.52. The van der Waals surface area contributed by atoms with Crippen LogP contribution in [0.2, 0.25) is 10.0 Å². The average molecular weight is 466 g/mol. The molecule has 0 aromatic heterocycles. The third-order valence-corrected chi connectivity index (χ3v) is 4.98. The van der Waals surface area contributed by atoms with Crippen LogP contribution in [0.15, 0.2) is 60.7 Å². The molecule has 0 spiro atoms. The van der Waals surface area contributed by atoms with Gasteiger partial charge < -0.3 is 24.7 Å². The number of hydrogen-bond acceptors (Lipinski definition) is 5. The minimum atomic E-state index is -1.45. The van der Waals surface area contributed by atoms with Crippen molar-refractivity contribution in [3.8, 4) is 11.5 Å². The molecular weight excluding hydrogens is 448 g/mol. The first-order chi connectivity index (χ1) is 14.9. The van der Waals surface area contributed by atoms with E-state index in [1.54, 1.807) is 13.2 Å².